The quantitative estimate of drug-likeness (QED) is 0.634. The van der Waals surface area contributed by atoms with E-state index >= 15 is 0 Å². The summed E-state index contributed by atoms with van der Waals surface area (Å²) in [6, 6.07) is 12.9. The van der Waals surface area contributed by atoms with E-state index in [1.54, 1.807) is 30.3 Å². The Labute approximate surface area is 163 Å². The SMILES string of the molecule is Cc1cc(NCc2ccccc2S(=O)(=O)N(C)CCO)c2cc(F)ccc2n1. The Balaban J connectivity index is 1.95. The van der Waals surface area contributed by atoms with E-state index in [2.05, 4.69) is 10.3 Å². The molecular weight excluding hydrogens is 381 g/mol. The lowest BCUT2D eigenvalue weighted by atomic mass is 10.1. The summed E-state index contributed by atoms with van der Waals surface area (Å²) in [7, 11) is -2.30. The fourth-order valence-electron chi connectivity index (χ4n) is 3.00. The van der Waals surface area contributed by atoms with Gasteiger partial charge in [-0.2, -0.15) is 4.31 Å². The molecule has 8 heteroatoms. The summed E-state index contributed by atoms with van der Waals surface area (Å²) in [5, 5.41) is 12.9. The minimum absolute atomic E-state index is 0.0115. The van der Waals surface area contributed by atoms with E-state index in [0.717, 1.165) is 10.00 Å². The normalized spacial score (nSPS) is 11.9. The van der Waals surface area contributed by atoms with Crippen molar-refractivity contribution in [2.75, 3.05) is 25.5 Å². The van der Waals surface area contributed by atoms with Crippen LogP contribution in [0, 0.1) is 12.7 Å². The first-order chi connectivity index (χ1) is 13.3. The third-order valence-corrected chi connectivity index (χ3v) is 6.40. The molecule has 0 radical (unpaired) electrons. The number of sulfonamides is 1. The van der Waals surface area contributed by atoms with Crippen molar-refractivity contribution in [2.24, 2.45) is 0 Å². The van der Waals surface area contributed by atoms with Crippen LogP contribution in [0.25, 0.3) is 10.9 Å². The summed E-state index contributed by atoms with van der Waals surface area (Å²) in [5.41, 5.74) is 2.68. The standard InChI is InChI=1S/C20H22FN3O3S/c1-14-11-19(17-12-16(21)7-8-18(17)23-14)22-13-15-5-3-4-6-20(15)28(26,27)24(2)9-10-25/h3-8,11-12,25H,9-10,13H2,1-2H3,(H,22,23). The molecule has 1 aromatic heterocycles. The van der Waals surface area contributed by atoms with Gasteiger partial charge in [0.2, 0.25) is 10.0 Å². The Morgan fingerprint density at radius 1 is 1.18 bits per heavy atom. The van der Waals surface area contributed by atoms with Crippen LogP contribution in [0.2, 0.25) is 0 Å². The molecule has 2 N–H and O–H groups in total. The third kappa shape index (κ3) is 4.14. The van der Waals surface area contributed by atoms with Crippen LogP contribution < -0.4 is 5.32 Å². The zero-order valence-electron chi connectivity index (χ0n) is 15.7. The van der Waals surface area contributed by atoms with Crippen molar-refractivity contribution in [3.8, 4) is 0 Å². The molecular formula is C20H22FN3O3S. The number of benzene rings is 2. The van der Waals surface area contributed by atoms with E-state index in [-0.39, 0.29) is 30.4 Å². The number of likely N-dealkylation sites (N-methyl/N-ethyl adjacent to an activating group) is 1. The van der Waals surface area contributed by atoms with E-state index in [9.17, 15) is 12.8 Å². The zero-order chi connectivity index (χ0) is 20.3. The third-order valence-electron chi connectivity index (χ3n) is 4.44. The highest BCUT2D eigenvalue weighted by Gasteiger charge is 2.23. The number of aliphatic hydroxyl groups is 1. The van der Waals surface area contributed by atoms with Crippen molar-refractivity contribution in [1.82, 2.24) is 9.29 Å². The molecule has 0 spiro atoms. The van der Waals surface area contributed by atoms with Gasteiger partial charge in [-0.3, -0.25) is 4.98 Å². The number of fused-ring (bicyclic) bond motifs is 1. The molecule has 28 heavy (non-hydrogen) atoms. The van der Waals surface area contributed by atoms with E-state index < -0.39 is 10.0 Å². The van der Waals surface area contributed by atoms with E-state index in [1.165, 1.54) is 25.2 Å². The van der Waals surface area contributed by atoms with Crippen LogP contribution in [0.15, 0.2) is 53.4 Å². The second-order valence-electron chi connectivity index (χ2n) is 6.48. The number of pyridine rings is 1. The molecule has 3 rings (SSSR count). The molecule has 0 amide bonds. The number of aromatic nitrogens is 1. The van der Waals surface area contributed by atoms with Gasteiger partial charge in [0.1, 0.15) is 5.82 Å². The highest BCUT2D eigenvalue weighted by molar-refractivity contribution is 7.89. The Hall–Kier alpha value is -2.55. The van der Waals surface area contributed by atoms with Crippen molar-refractivity contribution in [3.05, 3.63) is 65.6 Å². The number of hydrogen-bond donors (Lipinski definition) is 2. The number of anilines is 1. The lowest BCUT2D eigenvalue weighted by Crippen LogP contribution is -2.30. The van der Waals surface area contributed by atoms with E-state index in [4.69, 9.17) is 5.11 Å². The molecule has 0 saturated heterocycles. The summed E-state index contributed by atoms with van der Waals surface area (Å²) in [6.07, 6.45) is 0. The molecule has 3 aromatic rings. The average Bonchev–Trinajstić information content (AvgIpc) is 2.67. The minimum Gasteiger partial charge on any atom is -0.395 e. The van der Waals surface area contributed by atoms with Crippen LogP contribution in [0.3, 0.4) is 0 Å². The Morgan fingerprint density at radius 2 is 1.93 bits per heavy atom. The fraction of sp³-hybridized carbons (Fsp3) is 0.250. The van der Waals surface area contributed by atoms with Gasteiger partial charge in [0, 0.05) is 36.9 Å². The second-order valence-corrected chi connectivity index (χ2v) is 8.50. The van der Waals surface area contributed by atoms with Crippen LogP contribution in [0.4, 0.5) is 10.1 Å². The fourth-order valence-corrected chi connectivity index (χ4v) is 4.38. The highest BCUT2D eigenvalue weighted by atomic mass is 32.2. The van der Waals surface area contributed by atoms with Gasteiger partial charge in [0.25, 0.3) is 0 Å². The first-order valence-electron chi connectivity index (χ1n) is 8.79. The highest BCUT2D eigenvalue weighted by Crippen LogP contribution is 2.26. The van der Waals surface area contributed by atoms with Crippen LogP contribution >= 0.6 is 0 Å². The molecule has 0 atom stereocenters. The van der Waals surface area contributed by atoms with Crippen LogP contribution in [0.1, 0.15) is 11.3 Å². The lowest BCUT2D eigenvalue weighted by Gasteiger charge is -2.19. The van der Waals surface area contributed by atoms with Crippen molar-refractivity contribution in [1.29, 1.82) is 0 Å². The minimum atomic E-state index is -3.73. The number of hydrogen-bond acceptors (Lipinski definition) is 5. The molecule has 0 aliphatic rings. The van der Waals surface area contributed by atoms with Gasteiger partial charge in [0.05, 0.1) is 17.0 Å². The zero-order valence-corrected chi connectivity index (χ0v) is 16.5. The maximum absolute atomic E-state index is 13.7. The molecule has 0 fully saturated rings. The van der Waals surface area contributed by atoms with Crippen LogP contribution in [0.5, 0.6) is 0 Å². The molecule has 2 aromatic carbocycles. The van der Waals surface area contributed by atoms with E-state index in [1.807, 2.05) is 6.92 Å². The average molecular weight is 403 g/mol. The van der Waals surface area contributed by atoms with Gasteiger partial charge in [-0.1, -0.05) is 18.2 Å². The van der Waals surface area contributed by atoms with Crippen molar-refractivity contribution < 1.29 is 17.9 Å². The molecule has 0 aliphatic heterocycles. The van der Waals surface area contributed by atoms with Crippen LogP contribution in [-0.2, 0) is 16.6 Å². The van der Waals surface area contributed by atoms with Gasteiger partial charge in [-0.15, -0.1) is 0 Å². The lowest BCUT2D eigenvalue weighted by molar-refractivity contribution is 0.266. The number of nitrogens with one attached hydrogen (secondary N) is 1. The molecule has 148 valence electrons. The van der Waals surface area contributed by atoms with Gasteiger partial charge in [0.15, 0.2) is 0 Å². The number of aliphatic hydroxyl groups excluding tert-OH is 1. The van der Waals surface area contributed by atoms with Gasteiger partial charge < -0.3 is 10.4 Å². The number of nitrogens with zero attached hydrogens (tertiary/aromatic N) is 2. The summed E-state index contributed by atoms with van der Waals surface area (Å²) < 4.78 is 40.4. The van der Waals surface area contributed by atoms with E-state index in [0.29, 0.717) is 22.2 Å². The molecule has 0 unspecified atom stereocenters. The first-order valence-corrected chi connectivity index (χ1v) is 10.2. The second kappa shape index (κ2) is 8.22. The summed E-state index contributed by atoms with van der Waals surface area (Å²) >= 11 is 0. The molecule has 1 heterocycles. The van der Waals surface area contributed by atoms with Crippen molar-refractivity contribution in [2.45, 2.75) is 18.4 Å². The monoisotopic (exact) mass is 403 g/mol. The molecule has 0 bridgehead atoms. The smallest absolute Gasteiger partial charge is 0.243 e. The maximum atomic E-state index is 13.7. The van der Waals surface area contributed by atoms with Gasteiger partial charge in [-0.05, 0) is 42.8 Å². The summed E-state index contributed by atoms with van der Waals surface area (Å²) in [6.45, 7) is 1.83. The summed E-state index contributed by atoms with van der Waals surface area (Å²) in [5.74, 6) is -0.366. The predicted octanol–water partition coefficient (Wildman–Crippen LogP) is 2.91. The van der Waals surface area contributed by atoms with Crippen molar-refractivity contribution in [3.63, 3.8) is 0 Å². The Bertz CT molecular complexity index is 1100. The molecule has 6 nitrogen and oxygen atoms in total. The molecule has 0 saturated carbocycles. The summed E-state index contributed by atoms with van der Waals surface area (Å²) in [4.78, 5) is 4.57. The largest absolute Gasteiger partial charge is 0.395 e. The first kappa shape index (κ1) is 20.2. The number of aryl methyl sites for hydroxylation is 1. The maximum Gasteiger partial charge on any atom is 0.243 e. The molecule has 0 aliphatic carbocycles. The van der Waals surface area contributed by atoms with Crippen LogP contribution in [-0.4, -0.2) is 43.0 Å². The Morgan fingerprint density at radius 3 is 2.68 bits per heavy atom. The Kier molecular flexibility index (Phi) is 5.93. The van der Waals surface area contributed by atoms with Crippen molar-refractivity contribution >= 4 is 26.6 Å². The number of halogens is 1. The predicted molar refractivity (Wildman–Crippen MR) is 107 cm³/mol. The van der Waals surface area contributed by atoms with Gasteiger partial charge >= 0.3 is 0 Å². The number of rotatable bonds is 7. The topological polar surface area (TPSA) is 82.5 Å². The van der Waals surface area contributed by atoms with Gasteiger partial charge in [-0.25, -0.2) is 12.8 Å².